The van der Waals surface area contributed by atoms with E-state index in [1.54, 1.807) is 0 Å². The number of ether oxygens (including phenoxy) is 1. The minimum atomic E-state index is 0.524. The average Bonchev–Trinajstić information content (AvgIpc) is 2.28. The summed E-state index contributed by atoms with van der Waals surface area (Å²) in [6, 6.07) is 5.65. The van der Waals surface area contributed by atoms with Crippen LogP contribution in [0.4, 0.5) is 0 Å². The first-order valence-electron chi connectivity index (χ1n) is 5.34. The van der Waals surface area contributed by atoms with Crippen molar-refractivity contribution in [1.29, 1.82) is 0 Å². The number of hydrogen-bond acceptors (Lipinski definition) is 2. The molecule has 1 N–H and O–H groups in total. The first-order chi connectivity index (χ1) is 7.79. The van der Waals surface area contributed by atoms with E-state index in [-0.39, 0.29) is 0 Å². The van der Waals surface area contributed by atoms with Crippen LogP contribution in [-0.4, -0.2) is 13.2 Å². The van der Waals surface area contributed by atoms with Gasteiger partial charge in [-0.3, -0.25) is 0 Å². The second kappa shape index (κ2) is 7.16. The summed E-state index contributed by atoms with van der Waals surface area (Å²) >= 11 is 6.12. The summed E-state index contributed by atoms with van der Waals surface area (Å²) in [5.41, 5.74) is 0.989. The Morgan fingerprint density at radius 1 is 1.50 bits per heavy atom. The number of terminal acetylenes is 1. The normalized spacial score (nSPS) is 9.81. The van der Waals surface area contributed by atoms with Gasteiger partial charge in [-0.25, -0.2) is 0 Å². The molecule has 1 aromatic carbocycles. The maximum Gasteiger partial charge on any atom is 0.125 e. The molecule has 0 radical (unpaired) electrons. The summed E-state index contributed by atoms with van der Waals surface area (Å²) < 4.78 is 5.59. The lowest BCUT2D eigenvalue weighted by molar-refractivity contribution is 0.323. The molecule has 16 heavy (non-hydrogen) atoms. The number of nitrogens with one attached hydrogen (secondary N) is 1. The number of rotatable bonds is 6. The third-order valence-electron chi connectivity index (χ3n) is 2.13. The van der Waals surface area contributed by atoms with Crippen molar-refractivity contribution in [3.8, 4) is 18.1 Å². The molecular formula is C13H16ClNO. The van der Waals surface area contributed by atoms with Crippen molar-refractivity contribution in [3.63, 3.8) is 0 Å². The molecule has 0 heterocycles. The van der Waals surface area contributed by atoms with Crippen molar-refractivity contribution in [2.24, 2.45) is 0 Å². The van der Waals surface area contributed by atoms with Gasteiger partial charge in [0.2, 0.25) is 0 Å². The molecule has 0 aliphatic carbocycles. The fourth-order valence-corrected chi connectivity index (χ4v) is 1.55. The Hall–Kier alpha value is -1.17. The molecule has 0 amide bonds. The molecule has 0 unspecified atom stereocenters. The predicted octanol–water partition coefficient (Wildman–Crippen LogP) is 2.85. The van der Waals surface area contributed by atoms with Crippen LogP contribution in [0.5, 0.6) is 5.75 Å². The summed E-state index contributed by atoms with van der Waals surface area (Å²) in [4.78, 5) is 0. The van der Waals surface area contributed by atoms with E-state index in [0.29, 0.717) is 19.6 Å². The molecule has 0 fully saturated rings. The van der Waals surface area contributed by atoms with Gasteiger partial charge in [0.1, 0.15) is 5.75 Å². The van der Waals surface area contributed by atoms with E-state index < -0.39 is 0 Å². The Morgan fingerprint density at radius 3 is 3.00 bits per heavy atom. The highest BCUT2D eigenvalue weighted by Gasteiger charge is 2.07. The van der Waals surface area contributed by atoms with Crippen molar-refractivity contribution in [1.82, 2.24) is 5.32 Å². The van der Waals surface area contributed by atoms with Crippen molar-refractivity contribution in [2.75, 3.05) is 13.2 Å². The number of halogens is 1. The van der Waals surface area contributed by atoms with Crippen LogP contribution in [0.2, 0.25) is 5.02 Å². The van der Waals surface area contributed by atoms with Gasteiger partial charge in [-0.1, -0.05) is 24.6 Å². The molecule has 0 aliphatic rings. The Bertz CT molecular complexity index is 371. The third kappa shape index (κ3) is 3.77. The highest BCUT2D eigenvalue weighted by Crippen LogP contribution is 2.26. The number of benzene rings is 1. The lowest BCUT2D eigenvalue weighted by Gasteiger charge is -2.12. The molecule has 0 saturated carbocycles. The number of hydrogen-bond donors (Lipinski definition) is 1. The maximum atomic E-state index is 6.12. The molecule has 0 aliphatic heterocycles. The molecule has 1 rings (SSSR count). The van der Waals surface area contributed by atoms with E-state index in [0.717, 1.165) is 22.9 Å². The van der Waals surface area contributed by atoms with Gasteiger partial charge in [0.25, 0.3) is 0 Å². The minimum Gasteiger partial charge on any atom is -0.492 e. The molecule has 0 saturated heterocycles. The zero-order valence-electron chi connectivity index (χ0n) is 9.42. The maximum absolute atomic E-state index is 6.12. The van der Waals surface area contributed by atoms with E-state index >= 15 is 0 Å². The molecule has 2 nitrogen and oxygen atoms in total. The highest BCUT2D eigenvalue weighted by atomic mass is 35.5. The predicted molar refractivity (Wildman–Crippen MR) is 67.8 cm³/mol. The van der Waals surface area contributed by atoms with Crippen LogP contribution < -0.4 is 10.1 Å². The lowest BCUT2D eigenvalue weighted by Crippen LogP contribution is -2.13. The Morgan fingerprint density at radius 2 is 2.31 bits per heavy atom. The van der Waals surface area contributed by atoms with E-state index in [4.69, 9.17) is 22.8 Å². The fourth-order valence-electron chi connectivity index (χ4n) is 1.32. The van der Waals surface area contributed by atoms with Crippen molar-refractivity contribution >= 4 is 11.6 Å². The van der Waals surface area contributed by atoms with Crippen LogP contribution in [0.15, 0.2) is 18.2 Å². The average molecular weight is 238 g/mol. The zero-order chi connectivity index (χ0) is 11.8. The summed E-state index contributed by atoms with van der Waals surface area (Å²) in [7, 11) is 0. The van der Waals surface area contributed by atoms with E-state index in [9.17, 15) is 0 Å². The van der Waals surface area contributed by atoms with Crippen LogP contribution in [0.25, 0.3) is 0 Å². The van der Waals surface area contributed by atoms with Crippen molar-refractivity contribution in [2.45, 2.75) is 19.9 Å². The molecular weight excluding hydrogens is 222 g/mol. The summed E-state index contributed by atoms with van der Waals surface area (Å²) in [6.07, 6.45) is 5.78. The summed E-state index contributed by atoms with van der Waals surface area (Å²) in [5.74, 6) is 3.35. The molecule has 0 atom stereocenters. The molecule has 1 aromatic rings. The second-order valence-corrected chi connectivity index (χ2v) is 3.71. The van der Waals surface area contributed by atoms with Crippen LogP contribution in [0.1, 0.15) is 18.9 Å². The Labute approximate surface area is 102 Å². The van der Waals surface area contributed by atoms with Crippen LogP contribution in [0, 0.1) is 12.3 Å². The largest absolute Gasteiger partial charge is 0.492 e. The lowest BCUT2D eigenvalue weighted by atomic mass is 10.2. The smallest absolute Gasteiger partial charge is 0.125 e. The zero-order valence-corrected chi connectivity index (χ0v) is 10.2. The van der Waals surface area contributed by atoms with Crippen molar-refractivity contribution < 1.29 is 4.74 Å². The van der Waals surface area contributed by atoms with Crippen LogP contribution >= 0.6 is 11.6 Å². The van der Waals surface area contributed by atoms with E-state index in [1.807, 2.05) is 18.2 Å². The first-order valence-corrected chi connectivity index (χ1v) is 5.71. The van der Waals surface area contributed by atoms with Gasteiger partial charge in [-0.05, 0) is 18.7 Å². The van der Waals surface area contributed by atoms with Gasteiger partial charge in [-0.2, -0.15) is 0 Å². The standard InChI is InChI=1S/C13H16ClNO/c1-3-5-9-16-13-8-6-7-12(14)11(13)10-15-4-2/h1,6-8,15H,4-5,9-10H2,2H3. The monoisotopic (exact) mass is 237 g/mol. The third-order valence-corrected chi connectivity index (χ3v) is 2.49. The van der Waals surface area contributed by atoms with E-state index in [1.165, 1.54) is 0 Å². The quantitative estimate of drug-likeness (QED) is 0.607. The van der Waals surface area contributed by atoms with Gasteiger partial charge < -0.3 is 10.1 Å². The summed E-state index contributed by atoms with van der Waals surface area (Å²) in [5, 5.41) is 3.95. The Balaban J connectivity index is 2.73. The van der Waals surface area contributed by atoms with Gasteiger partial charge in [0.15, 0.2) is 0 Å². The fraction of sp³-hybridized carbons (Fsp3) is 0.385. The van der Waals surface area contributed by atoms with Gasteiger partial charge >= 0.3 is 0 Å². The SMILES string of the molecule is C#CCCOc1cccc(Cl)c1CNCC. The molecule has 0 spiro atoms. The molecule has 3 heteroatoms. The Kier molecular flexibility index (Phi) is 5.77. The van der Waals surface area contributed by atoms with Crippen molar-refractivity contribution in [3.05, 3.63) is 28.8 Å². The summed E-state index contributed by atoms with van der Waals surface area (Å²) in [6.45, 7) is 4.18. The minimum absolute atomic E-state index is 0.524. The van der Waals surface area contributed by atoms with Gasteiger partial charge in [0.05, 0.1) is 6.61 Å². The highest BCUT2D eigenvalue weighted by molar-refractivity contribution is 6.31. The van der Waals surface area contributed by atoms with Crippen LogP contribution in [0.3, 0.4) is 0 Å². The van der Waals surface area contributed by atoms with Gasteiger partial charge in [0, 0.05) is 23.6 Å². The van der Waals surface area contributed by atoms with Crippen LogP contribution in [-0.2, 0) is 6.54 Å². The topological polar surface area (TPSA) is 21.3 Å². The van der Waals surface area contributed by atoms with Gasteiger partial charge in [-0.15, -0.1) is 12.3 Å². The molecule has 0 bridgehead atoms. The molecule has 86 valence electrons. The van der Waals surface area contributed by atoms with E-state index in [2.05, 4.69) is 18.2 Å². The molecule has 0 aromatic heterocycles. The second-order valence-electron chi connectivity index (χ2n) is 3.30. The first kappa shape index (κ1) is 12.9.